The largest absolute Gasteiger partial charge is 0.867 e. The maximum Gasteiger partial charge on any atom is 0.554 e. The average molecular weight is 530 g/mol. The van der Waals surface area contributed by atoms with E-state index in [0.29, 0.717) is 12.1 Å². The molecule has 0 aliphatic rings. The van der Waals surface area contributed by atoms with Crippen LogP contribution in [0.2, 0.25) is 0 Å². The summed E-state index contributed by atoms with van der Waals surface area (Å²) in [4.78, 5) is 10.3. The number of fused-ring (bicyclic) bond motifs is 2. The maximum absolute atomic E-state index is 9.89. The highest BCUT2D eigenvalue weighted by molar-refractivity contribution is 6.27. The van der Waals surface area contributed by atoms with Crippen molar-refractivity contribution in [2.75, 3.05) is 56.4 Å². The van der Waals surface area contributed by atoms with Gasteiger partial charge in [-0.15, -0.1) is 10.2 Å². The quantitative estimate of drug-likeness (QED) is 0.255. The first-order valence-corrected chi connectivity index (χ1v) is 11.3. The fourth-order valence-corrected chi connectivity index (χ4v) is 3.11. The van der Waals surface area contributed by atoms with Gasteiger partial charge in [0.25, 0.3) is 0 Å². The third-order valence-corrected chi connectivity index (χ3v) is 4.51. The van der Waals surface area contributed by atoms with E-state index in [1.807, 2.05) is 125 Å². The van der Waals surface area contributed by atoms with Crippen molar-refractivity contribution in [2.45, 2.75) is 0 Å². The number of urea groups is 2. The van der Waals surface area contributed by atoms with Crippen LogP contribution in [0.1, 0.15) is 0 Å². The normalized spacial score (nSPS) is 9.97. The van der Waals surface area contributed by atoms with Crippen LogP contribution in [0.5, 0.6) is 0 Å². The number of hydrogen-bond acceptors (Lipinski definition) is 6. The van der Waals surface area contributed by atoms with Gasteiger partial charge in [-0.2, -0.15) is 0 Å². The molecule has 204 valence electrons. The molecular formula is C22H32BFN10O4. The molecule has 4 amide bonds. The van der Waals surface area contributed by atoms with Gasteiger partial charge in [-0.05, 0) is 33.3 Å². The molecule has 0 radical (unpaired) electrons. The zero-order valence-corrected chi connectivity index (χ0v) is 22.7. The summed E-state index contributed by atoms with van der Waals surface area (Å²) in [6.45, 7) is 0. The van der Waals surface area contributed by atoms with Gasteiger partial charge >= 0.3 is 12.1 Å². The summed E-state index contributed by atoms with van der Waals surface area (Å²) in [5.74, 6) is 0. The molecule has 2 aromatic heterocycles. The standard InChI is InChI=1S/2C11H16N5O.BFO2/c2*1-14(2)11(15(3)4)17-16-10-8-6-5-7-9(10)12-13-16;2-1(3)4/h2*5-8H,1-4H3;/q2*+1;-2. The highest BCUT2D eigenvalue weighted by Gasteiger charge is 2.23. The summed E-state index contributed by atoms with van der Waals surface area (Å²) in [5, 5.41) is 32.6. The predicted molar refractivity (Wildman–Crippen MR) is 138 cm³/mol. The smallest absolute Gasteiger partial charge is 0.554 e. The van der Waals surface area contributed by atoms with Crippen LogP contribution in [-0.4, -0.2) is 126 Å². The zero-order valence-electron chi connectivity index (χ0n) is 22.7. The van der Waals surface area contributed by atoms with Crippen LogP contribution >= 0.6 is 0 Å². The Morgan fingerprint density at radius 3 is 1.24 bits per heavy atom. The van der Waals surface area contributed by atoms with Crippen LogP contribution in [-0.2, 0) is 0 Å². The van der Waals surface area contributed by atoms with Gasteiger partial charge in [0, 0.05) is 66.8 Å². The topological polar surface area (TPSA) is 143 Å². The molecule has 0 atom stereocenters. The Balaban J connectivity index is 0.000000234. The number of para-hydroxylation sites is 2. The molecule has 0 aliphatic heterocycles. The first-order valence-electron chi connectivity index (χ1n) is 11.3. The van der Waals surface area contributed by atoms with Crippen LogP contribution in [0.25, 0.3) is 22.1 Å². The van der Waals surface area contributed by atoms with Gasteiger partial charge in [-0.25, -0.2) is 0 Å². The molecule has 4 aromatic rings. The Kier molecular flexibility index (Phi) is 10.9. The average Bonchev–Trinajstić information content (AvgIpc) is 3.44. The minimum atomic E-state index is -3.17. The van der Waals surface area contributed by atoms with E-state index in [9.17, 15) is 4.32 Å². The number of amides is 4. The Labute approximate surface area is 220 Å². The highest BCUT2D eigenvalue weighted by atomic mass is 19.1. The molecule has 2 heterocycles. The SMILES string of the molecule is CN(C)C(=[O+]n1nnc2ccccc21)N(C)C.CN(C)C(=[O+]n1nnc2ccccc21)N(C)C.[O-]B([O-])F. The lowest BCUT2D eigenvalue weighted by molar-refractivity contribution is -0.366. The zero-order chi connectivity index (χ0) is 28.4. The van der Waals surface area contributed by atoms with E-state index in [1.54, 1.807) is 0 Å². The second-order valence-corrected chi connectivity index (χ2v) is 8.50. The summed E-state index contributed by atoms with van der Waals surface area (Å²) in [7, 11) is 12.1. The number of hydrogen-bond donors (Lipinski definition) is 0. The van der Waals surface area contributed by atoms with E-state index in [0.717, 1.165) is 22.1 Å². The van der Waals surface area contributed by atoms with Crippen molar-refractivity contribution in [1.82, 2.24) is 49.9 Å². The molecule has 0 aliphatic carbocycles. The van der Waals surface area contributed by atoms with E-state index in [1.165, 1.54) is 9.69 Å². The number of rotatable bonds is 2. The highest BCUT2D eigenvalue weighted by Crippen LogP contribution is 2.12. The van der Waals surface area contributed by atoms with E-state index in [2.05, 4.69) is 20.6 Å². The molecular weight excluding hydrogens is 498 g/mol. The van der Waals surface area contributed by atoms with Crippen LogP contribution in [0.15, 0.2) is 48.5 Å². The van der Waals surface area contributed by atoms with E-state index in [-0.39, 0.29) is 0 Å². The maximum atomic E-state index is 9.89. The van der Waals surface area contributed by atoms with Crippen molar-refractivity contribution in [3.05, 3.63) is 48.5 Å². The minimum Gasteiger partial charge on any atom is -0.867 e. The van der Waals surface area contributed by atoms with Crippen molar-refractivity contribution in [2.24, 2.45) is 0 Å². The van der Waals surface area contributed by atoms with Crippen LogP contribution in [0, 0.1) is 0 Å². The van der Waals surface area contributed by atoms with Crippen molar-refractivity contribution < 1.29 is 23.4 Å². The molecule has 0 saturated carbocycles. The number of nitrogens with zero attached hydrogens (tertiary/aromatic N) is 10. The lowest BCUT2D eigenvalue weighted by atomic mass is 10.3. The molecule has 4 rings (SSSR count). The lowest BCUT2D eigenvalue weighted by Crippen LogP contribution is -2.39. The van der Waals surface area contributed by atoms with Gasteiger partial charge < -0.3 is 14.4 Å². The fraction of sp³-hybridized carbons (Fsp3) is 0.364. The molecule has 0 saturated heterocycles. The summed E-state index contributed by atoms with van der Waals surface area (Å²) in [5.41, 5.74) is 3.30. The van der Waals surface area contributed by atoms with Gasteiger partial charge in [0.05, 0.1) is 0 Å². The Bertz CT molecular complexity index is 1230. The van der Waals surface area contributed by atoms with Crippen LogP contribution < -0.4 is 10.0 Å². The first kappa shape index (κ1) is 29.9. The van der Waals surface area contributed by atoms with Crippen molar-refractivity contribution >= 4 is 41.5 Å². The number of benzene rings is 2. The molecule has 14 nitrogen and oxygen atoms in total. The summed E-state index contributed by atoms with van der Waals surface area (Å²) < 4.78 is 21.3. The Morgan fingerprint density at radius 2 is 0.947 bits per heavy atom. The summed E-state index contributed by atoms with van der Waals surface area (Å²) >= 11 is 0. The van der Waals surface area contributed by atoms with Gasteiger partial charge in [0.2, 0.25) is 0 Å². The van der Waals surface area contributed by atoms with Crippen LogP contribution in [0.4, 0.5) is 13.4 Å². The van der Waals surface area contributed by atoms with E-state index in [4.69, 9.17) is 19.1 Å². The molecule has 16 heteroatoms. The first-order chi connectivity index (χ1) is 17.9. The van der Waals surface area contributed by atoms with Crippen LogP contribution in [0.3, 0.4) is 0 Å². The minimum absolute atomic E-state index is 0.681. The van der Waals surface area contributed by atoms with Gasteiger partial charge in [-0.3, -0.25) is 19.6 Å². The molecule has 0 unspecified atom stereocenters. The second-order valence-electron chi connectivity index (χ2n) is 8.50. The van der Waals surface area contributed by atoms with Gasteiger partial charge in [0.15, 0.2) is 11.0 Å². The van der Waals surface area contributed by atoms with Crippen molar-refractivity contribution in [3.63, 3.8) is 0 Å². The van der Waals surface area contributed by atoms with Gasteiger partial charge in [0.1, 0.15) is 28.1 Å². The third kappa shape index (κ3) is 8.38. The summed E-state index contributed by atoms with van der Waals surface area (Å²) in [6, 6.07) is 16.7. The van der Waals surface area contributed by atoms with Crippen molar-refractivity contribution in [3.8, 4) is 0 Å². The predicted octanol–water partition coefficient (Wildman–Crippen LogP) is -0.392. The second kappa shape index (κ2) is 13.9. The third-order valence-electron chi connectivity index (χ3n) is 4.51. The van der Waals surface area contributed by atoms with E-state index < -0.39 is 7.40 Å². The molecule has 38 heavy (non-hydrogen) atoms. The number of aromatic nitrogens is 6. The molecule has 0 spiro atoms. The lowest BCUT2D eigenvalue weighted by Gasteiger charge is -2.10. The molecule has 0 N–H and O–H groups in total. The number of carbonyl (C=O) groups excluding carboxylic acids is 2. The monoisotopic (exact) mass is 530 g/mol. The molecule has 2 aromatic carbocycles. The Hall–Kier alpha value is -4.31. The molecule has 0 fully saturated rings. The summed E-state index contributed by atoms with van der Waals surface area (Å²) in [6.07, 6.45) is 0. The fourth-order valence-electron chi connectivity index (χ4n) is 3.11. The van der Waals surface area contributed by atoms with Crippen molar-refractivity contribution in [1.29, 1.82) is 0 Å². The number of halogens is 1. The molecule has 0 bridgehead atoms. The van der Waals surface area contributed by atoms with Gasteiger partial charge in [-0.1, -0.05) is 24.3 Å². The van der Waals surface area contributed by atoms with E-state index >= 15 is 0 Å². The Morgan fingerprint density at radius 1 is 0.658 bits per heavy atom.